The van der Waals surface area contributed by atoms with E-state index in [9.17, 15) is 4.79 Å². The number of nitrogens with zero attached hydrogens (tertiary/aromatic N) is 1. The van der Waals surface area contributed by atoms with E-state index >= 15 is 0 Å². The van der Waals surface area contributed by atoms with Crippen LogP contribution >= 0.6 is 11.6 Å². The Balaban J connectivity index is 1.86. The minimum Gasteiger partial charge on any atom is -0.497 e. The van der Waals surface area contributed by atoms with E-state index < -0.39 is 0 Å². The van der Waals surface area contributed by atoms with Crippen molar-refractivity contribution < 1.29 is 14.3 Å². The summed E-state index contributed by atoms with van der Waals surface area (Å²) in [5, 5.41) is 3.57. The van der Waals surface area contributed by atoms with Gasteiger partial charge >= 0.3 is 0 Å². The van der Waals surface area contributed by atoms with Crippen LogP contribution < -0.4 is 15.0 Å². The van der Waals surface area contributed by atoms with Gasteiger partial charge in [-0.3, -0.25) is 4.79 Å². The van der Waals surface area contributed by atoms with E-state index in [4.69, 9.17) is 21.1 Å². The van der Waals surface area contributed by atoms with Crippen LogP contribution in [0.2, 0.25) is 5.02 Å². The van der Waals surface area contributed by atoms with Crippen molar-refractivity contribution in [3.63, 3.8) is 0 Å². The van der Waals surface area contributed by atoms with Gasteiger partial charge in [0.1, 0.15) is 5.75 Å². The van der Waals surface area contributed by atoms with Crippen LogP contribution in [0.25, 0.3) is 0 Å². The summed E-state index contributed by atoms with van der Waals surface area (Å²) in [5.41, 5.74) is 2.05. The van der Waals surface area contributed by atoms with Gasteiger partial charge in [0.05, 0.1) is 36.7 Å². The number of methoxy groups -OCH3 is 1. The standard InChI is InChI=1S/C18H19ClN2O3/c1-23-14-5-2-4-13(12-14)18(22)20-16-7-3-6-15(19)17(16)21-8-10-24-11-9-21/h2-7,12H,8-11H2,1H3,(H,20,22). The van der Waals surface area contributed by atoms with E-state index in [1.165, 1.54) is 0 Å². The van der Waals surface area contributed by atoms with Gasteiger partial charge in [0.2, 0.25) is 0 Å². The fourth-order valence-electron chi connectivity index (χ4n) is 2.68. The molecule has 0 aromatic heterocycles. The minimum absolute atomic E-state index is 0.203. The van der Waals surface area contributed by atoms with Crippen molar-refractivity contribution in [1.29, 1.82) is 0 Å². The van der Waals surface area contributed by atoms with Gasteiger partial charge in [-0.05, 0) is 30.3 Å². The molecule has 0 aliphatic carbocycles. The van der Waals surface area contributed by atoms with E-state index in [1.54, 1.807) is 31.4 Å². The number of morpholine rings is 1. The Bertz CT molecular complexity index is 730. The molecule has 1 amide bonds. The molecule has 0 bridgehead atoms. The first-order valence-corrected chi connectivity index (χ1v) is 8.13. The molecule has 24 heavy (non-hydrogen) atoms. The first-order chi connectivity index (χ1) is 11.7. The van der Waals surface area contributed by atoms with E-state index in [-0.39, 0.29) is 5.91 Å². The predicted octanol–water partition coefficient (Wildman–Crippen LogP) is 3.44. The Labute approximate surface area is 146 Å². The molecule has 3 rings (SSSR count). The molecule has 0 spiro atoms. The first-order valence-electron chi connectivity index (χ1n) is 7.75. The van der Waals surface area contributed by atoms with E-state index in [0.29, 0.717) is 35.2 Å². The van der Waals surface area contributed by atoms with E-state index in [2.05, 4.69) is 10.2 Å². The molecule has 1 saturated heterocycles. The fraction of sp³-hybridized carbons (Fsp3) is 0.278. The van der Waals surface area contributed by atoms with Crippen LogP contribution in [0.5, 0.6) is 5.75 Å². The Morgan fingerprint density at radius 1 is 1.21 bits per heavy atom. The first kappa shape index (κ1) is 16.6. The molecule has 2 aromatic rings. The second-order valence-electron chi connectivity index (χ2n) is 5.42. The molecule has 1 aliphatic heterocycles. The molecule has 2 aromatic carbocycles. The highest BCUT2D eigenvalue weighted by molar-refractivity contribution is 6.34. The van der Waals surface area contributed by atoms with Crippen LogP contribution in [0, 0.1) is 0 Å². The van der Waals surface area contributed by atoms with Crippen molar-refractivity contribution in [1.82, 2.24) is 0 Å². The lowest BCUT2D eigenvalue weighted by Gasteiger charge is -2.31. The van der Waals surface area contributed by atoms with Crippen molar-refractivity contribution in [3.8, 4) is 5.75 Å². The summed E-state index contributed by atoms with van der Waals surface area (Å²) in [6.45, 7) is 2.78. The number of amides is 1. The number of rotatable bonds is 4. The number of para-hydroxylation sites is 1. The monoisotopic (exact) mass is 346 g/mol. The maximum absolute atomic E-state index is 12.6. The van der Waals surface area contributed by atoms with E-state index in [1.807, 2.05) is 18.2 Å². The molecule has 1 N–H and O–H groups in total. The number of hydrogen-bond donors (Lipinski definition) is 1. The van der Waals surface area contributed by atoms with Crippen LogP contribution in [-0.2, 0) is 4.74 Å². The van der Waals surface area contributed by atoms with Crippen LogP contribution in [0.3, 0.4) is 0 Å². The Hall–Kier alpha value is -2.24. The highest BCUT2D eigenvalue weighted by atomic mass is 35.5. The van der Waals surface area contributed by atoms with Gasteiger partial charge in [-0.1, -0.05) is 23.7 Å². The molecule has 0 atom stereocenters. The maximum atomic E-state index is 12.6. The second-order valence-corrected chi connectivity index (χ2v) is 5.83. The summed E-state index contributed by atoms with van der Waals surface area (Å²) >= 11 is 6.39. The molecule has 1 fully saturated rings. The van der Waals surface area contributed by atoms with Crippen molar-refractivity contribution in [3.05, 3.63) is 53.1 Å². The zero-order valence-electron chi connectivity index (χ0n) is 13.4. The number of carbonyl (C=O) groups excluding carboxylic acids is 1. The number of anilines is 2. The highest BCUT2D eigenvalue weighted by Gasteiger charge is 2.19. The summed E-state index contributed by atoms with van der Waals surface area (Å²) in [6, 6.07) is 12.5. The molecule has 0 unspecified atom stereocenters. The molecule has 5 nitrogen and oxygen atoms in total. The third-order valence-corrected chi connectivity index (χ3v) is 4.20. The van der Waals surface area contributed by atoms with Crippen LogP contribution in [0.4, 0.5) is 11.4 Å². The summed E-state index contributed by atoms with van der Waals surface area (Å²) in [6.07, 6.45) is 0. The van der Waals surface area contributed by atoms with E-state index in [0.717, 1.165) is 18.8 Å². The largest absolute Gasteiger partial charge is 0.497 e. The molecule has 1 aliphatic rings. The van der Waals surface area contributed by atoms with Crippen LogP contribution in [0.15, 0.2) is 42.5 Å². The third kappa shape index (κ3) is 3.63. The van der Waals surface area contributed by atoms with Crippen LogP contribution in [-0.4, -0.2) is 39.3 Å². The molecule has 6 heteroatoms. The lowest BCUT2D eigenvalue weighted by atomic mass is 10.1. The zero-order valence-corrected chi connectivity index (χ0v) is 14.2. The second kappa shape index (κ2) is 7.55. The van der Waals surface area contributed by atoms with Crippen molar-refractivity contribution in [2.75, 3.05) is 43.6 Å². The van der Waals surface area contributed by atoms with Crippen molar-refractivity contribution in [2.24, 2.45) is 0 Å². The zero-order chi connectivity index (χ0) is 16.9. The normalized spacial score (nSPS) is 14.3. The topological polar surface area (TPSA) is 50.8 Å². The summed E-state index contributed by atoms with van der Waals surface area (Å²) in [4.78, 5) is 14.7. The van der Waals surface area contributed by atoms with Gasteiger partial charge < -0.3 is 19.7 Å². The number of nitrogens with one attached hydrogen (secondary N) is 1. The van der Waals surface area contributed by atoms with Gasteiger partial charge in [-0.25, -0.2) is 0 Å². The lowest BCUT2D eigenvalue weighted by molar-refractivity contribution is 0.102. The van der Waals surface area contributed by atoms with Gasteiger partial charge in [-0.2, -0.15) is 0 Å². The number of carbonyl (C=O) groups is 1. The summed E-state index contributed by atoms with van der Waals surface area (Å²) in [7, 11) is 1.57. The summed E-state index contributed by atoms with van der Waals surface area (Å²) < 4.78 is 10.6. The van der Waals surface area contributed by atoms with Gasteiger partial charge in [0.15, 0.2) is 0 Å². The molecule has 0 radical (unpaired) electrons. The number of ether oxygens (including phenoxy) is 2. The Kier molecular flexibility index (Phi) is 5.23. The molecular formula is C18H19ClN2O3. The van der Waals surface area contributed by atoms with Crippen molar-refractivity contribution in [2.45, 2.75) is 0 Å². The number of hydrogen-bond acceptors (Lipinski definition) is 4. The average molecular weight is 347 g/mol. The SMILES string of the molecule is COc1cccc(C(=O)Nc2cccc(Cl)c2N2CCOCC2)c1. The van der Waals surface area contributed by atoms with Crippen LogP contribution in [0.1, 0.15) is 10.4 Å². The quantitative estimate of drug-likeness (QED) is 0.921. The van der Waals surface area contributed by atoms with Gasteiger partial charge in [-0.15, -0.1) is 0 Å². The number of halogens is 1. The molecule has 126 valence electrons. The molecular weight excluding hydrogens is 328 g/mol. The maximum Gasteiger partial charge on any atom is 0.255 e. The Morgan fingerprint density at radius 3 is 2.71 bits per heavy atom. The predicted molar refractivity (Wildman–Crippen MR) is 95.4 cm³/mol. The molecule has 0 saturated carbocycles. The average Bonchev–Trinajstić information content (AvgIpc) is 2.62. The number of benzene rings is 2. The highest BCUT2D eigenvalue weighted by Crippen LogP contribution is 2.34. The smallest absolute Gasteiger partial charge is 0.255 e. The van der Waals surface area contributed by atoms with Gasteiger partial charge in [0, 0.05) is 18.7 Å². The lowest BCUT2D eigenvalue weighted by Crippen LogP contribution is -2.37. The fourth-order valence-corrected chi connectivity index (χ4v) is 2.98. The molecule has 1 heterocycles. The third-order valence-electron chi connectivity index (χ3n) is 3.89. The Morgan fingerprint density at radius 2 is 1.96 bits per heavy atom. The summed E-state index contributed by atoms with van der Waals surface area (Å²) in [5.74, 6) is 0.438. The minimum atomic E-state index is -0.203. The van der Waals surface area contributed by atoms with Crippen molar-refractivity contribution >= 4 is 28.9 Å². The van der Waals surface area contributed by atoms with Gasteiger partial charge in [0.25, 0.3) is 5.91 Å².